The van der Waals surface area contributed by atoms with Crippen LogP contribution in [0.15, 0.2) is 35.0 Å². The van der Waals surface area contributed by atoms with Crippen molar-refractivity contribution in [2.24, 2.45) is 0 Å². The van der Waals surface area contributed by atoms with Crippen LogP contribution in [-0.4, -0.2) is 40.3 Å². The van der Waals surface area contributed by atoms with Gasteiger partial charge in [-0.2, -0.15) is 22.5 Å². The van der Waals surface area contributed by atoms with Crippen molar-refractivity contribution in [3.8, 4) is 11.3 Å². The maximum Gasteiger partial charge on any atom is 0.377 e. The molecule has 1 aliphatic rings. The van der Waals surface area contributed by atoms with E-state index in [2.05, 4.69) is 19.7 Å². The lowest BCUT2D eigenvalue weighted by Gasteiger charge is -2.37. The van der Waals surface area contributed by atoms with Gasteiger partial charge in [0.05, 0.1) is 0 Å². The molecule has 0 saturated carbocycles. The van der Waals surface area contributed by atoms with Crippen molar-refractivity contribution in [3.05, 3.63) is 35.9 Å². The Bertz CT molecular complexity index is 951. The van der Waals surface area contributed by atoms with Gasteiger partial charge in [0.1, 0.15) is 24.4 Å². The zero-order valence-electron chi connectivity index (χ0n) is 12.8. The average molecular weight is 389 g/mol. The number of anilines is 1. The number of aromatic nitrogens is 3. The zero-order chi connectivity index (χ0) is 18.5. The second-order valence-corrected chi connectivity index (χ2v) is 5.95. The summed E-state index contributed by atoms with van der Waals surface area (Å²) >= 11 is 5.83. The highest BCUT2D eigenvalue weighted by Gasteiger charge is 2.52. The summed E-state index contributed by atoms with van der Waals surface area (Å²) in [5.74, 6) is 0.0514. The van der Waals surface area contributed by atoms with Gasteiger partial charge in [-0.3, -0.25) is 9.72 Å². The van der Waals surface area contributed by atoms with Crippen LogP contribution in [0.5, 0.6) is 0 Å². The summed E-state index contributed by atoms with van der Waals surface area (Å²) in [4.78, 5) is 12.4. The summed E-state index contributed by atoms with van der Waals surface area (Å²) in [7, 11) is 0. The van der Waals surface area contributed by atoms with Crippen molar-refractivity contribution in [1.82, 2.24) is 15.0 Å². The summed E-state index contributed by atoms with van der Waals surface area (Å²) < 4.78 is 63.3. The number of ether oxygens (including phenoxy) is 1. The smallest absolute Gasteiger partial charge is 0.377 e. The van der Waals surface area contributed by atoms with Crippen LogP contribution in [-0.2, 0) is 4.74 Å². The van der Waals surface area contributed by atoms with Crippen LogP contribution in [0, 0.1) is 0 Å². The number of hydrogen-bond acceptors (Lipinski definition) is 6. The normalized spacial score (nSPS) is 19.0. The third kappa shape index (κ3) is 3.17. The SMILES string of the molecule is FC1(F)CN(c2nc(Cl)nc3cc(-c4cccnc4)oc23)CC(F)(F)O1. The number of alkyl halides is 4. The molecule has 4 rings (SSSR count). The molecule has 4 heterocycles. The molecule has 1 aliphatic heterocycles. The number of fused-ring (bicyclic) bond motifs is 1. The second-order valence-electron chi connectivity index (χ2n) is 5.62. The van der Waals surface area contributed by atoms with E-state index in [1.54, 1.807) is 18.3 Å². The Morgan fingerprint density at radius 2 is 1.85 bits per heavy atom. The van der Waals surface area contributed by atoms with Crippen molar-refractivity contribution in [1.29, 1.82) is 0 Å². The fraction of sp³-hybridized carbons (Fsp3) is 0.267. The van der Waals surface area contributed by atoms with Gasteiger partial charge in [-0.1, -0.05) is 0 Å². The van der Waals surface area contributed by atoms with E-state index < -0.39 is 25.3 Å². The summed E-state index contributed by atoms with van der Waals surface area (Å²) in [6, 6.07) is 4.88. The van der Waals surface area contributed by atoms with Gasteiger partial charge in [-0.15, -0.1) is 0 Å². The van der Waals surface area contributed by atoms with Gasteiger partial charge in [0.2, 0.25) is 5.28 Å². The fourth-order valence-electron chi connectivity index (χ4n) is 2.69. The van der Waals surface area contributed by atoms with Gasteiger partial charge in [-0.25, -0.2) is 4.98 Å². The molecule has 3 aromatic rings. The molecular formula is C15H9ClF4N4O2. The number of hydrogen-bond donors (Lipinski definition) is 0. The minimum Gasteiger partial charge on any atom is -0.450 e. The van der Waals surface area contributed by atoms with E-state index in [1.165, 1.54) is 12.3 Å². The maximum atomic E-state index is 13.5. The van der Waals surface area contributed by atoms with E-state index in [4.69, 9.17) is 16.0 Å². The number of furan rings is 1. The fourth-order valence-corrected chi connectivity index (χ4v) is 2.86. The lowest BCUT2D eigenvalue weighted by Crippen LogP contribution is -2.55. The van der Waals surface area contributed by atoms with Crippen LogP contribution in [0.4, 0.5) is 23.4 Å². The predicted octanol–water partition coefficient (Wildman–Crippen LogP) is 3.96. The van der Waals surface area contributed by atoms with Crippen LogP contribution in [0.25, 0.3) is 22.4 Å². The molecule has 0 spiro atoms. The second kappa shape index (κ2) is 5.78. The molecule has 0 aliphatic carbocycles. The highest BCUT2D eigenvalue weighted by Crippen LogP contribution is 2.39. The largest absolute Gasteiger partial charge is 0.450 e. The van der Waals surface area contributed by atoms with Crippen molar-refractivity contribution in [3.63, 3.8) is 0 Å². The quantitative estimate of drug-likeness (QED) is 0.489. The number of pyridine rings is 1. The molecule has 3 aromatic heterocycles. The Balaban J connectivity index is 1.83. The zero-order valence-corrected chi connectivity index (χ0v) is 13.6. The maximum absolute atomic E-state index is 13.5. The van der Waals surface area contributed by atoms with E-state index in [1.807, 2.05) is 0 Å². The first kappa shape index (κ1) is 17.0. The van der Waals surface area contributed by atoms with Crippen LogP contribution in [0.1, 0.15) is 0 Å². The van der Waals surface area contributed by atoms with Gasteiger partial charge < -0.3 is 9.32 Å². The van der Waals surface area contributed by atoms with Gasteiger partial charge in [0, 0.05) is 24.0 Å². The molecule has 26 heavy (non-hydrogen) atoms. The Morgan fingerprint density at radius 3 is 2.50 bits per heavy atom. The van der Waals surface area contributed by atoms with Gasteiger partial charge in [-0.05, 0) is 23.7 Å². The first-order valence-electron chi connectivity index (χ1n) is 7.31. The molecule has 0 radical (unpaired) electrons. The van der Waals surface area contributed by atoms with E-state index in [9.17, 15) is 17.6 Å². The minimum atomic E-state index is -4.07. The molecule has 0 atom stereocenters. The highest BCUT2D eigenvalue weighted by molar-refractivity contribution is 6.28. The Labute approximate surface area is 148 Å². The Morgan fingerprint density at radius 1 is 1.12 bits per heavy atom. The number of nitrogens with zero attached hydrogens (tertiary/aromatic N) is 4. The average Bonchev–Trinajstić information content (AvgIpc) is 2.95. The molecule has 0 unspecified atom stereocenters. The van der Waals surface area contributed by atoms with Crippen molar-refractivity contribution < 1.29 is 26.7 Å². The van der Waals surface area contributed by atoms with E-state index >= 15 is 0 Å². The van der Waals surface area contributed by atoms with Crippen molar-refractivity contribution in [2.75, 3.05) is 18.0 Å². The van der Waals surface area contributed by atoms with Gasteiger partial charge in [0.15, 0.2) is 11.4 Å². The molecule has 1 fully saturated rings. The van der Waals surface area contributed by atoms with Gasteiger partial charge >= 0.3 is 12.2 Å². The third-order valence-electron chi connectivity index (χ3n) is 3.62. The molecular weight excluding hydrogens is 380 g/mol. The predicted molar refractivity (Wildman–Crippen MR) is 83.2 cm³/mol. The van der Waals surface area contributed by atoms with E-state index in [-0.39, 0.29) is 22.2 Å². The molecule has 0 amide bonds. The molecule has 0 bridgehead atoms. The molecule has 0 aromatic carbocycles. The monoisotopic (exact) mass is 388 g/mol. The third-order valence-corrected chi connectivity index (χ3v) is 3.79. The molecule has 11 heteroatoms. The summed E-state index contributed by atoms with van der Waals surface area (Å²) in [6.07, 6.45) is -5.05. The summed E-state index contributed by atoms with van der Waals surface area (Å²) in [6.45, 7) is -2.26. The molecule has 1 saturated heterocycles. The minimum absolute atomic E-state index is 0.0400. The van der Waals surface area contributed by atoms with Crippen LogP contribution in [0.3, 0.4) is 0 Å². The first-order valence-corrected chi connectivity index (χ1v) is 7.68. The standard InChI is InChI=1S/C15H9ClF4N4O2/c16-13-22-9-4-10(8-2-1-3-21-5-8)25-11(9)12(23-13)24-6-14(17,18)26-15(19,20)7-24/h1-5H,6-7H2. The van der Waals surface area contributed by atoms with Gasteiger partial charge in [0.25, 0.3) is 0 Å². The topological polar surface area (TPSA) is 64.3 Å². The Hall–Kier alpha value is -2.46. The lowest BCUT2D eigenvalue weighted by molar-refractivity contribution is -0.380. The van der Waals surface area contributed by atoms with Crippen LogP contribution < -0.4 is 4.90 Å². The number of morpholine rings is 1. The molecule has 0 N–H and O–H groups in total. The number of halogens is 5. The van der Waals surface area contributed by atoms with Crippen molar-refractivity contribution >= 4 is 28.5 Å². The van der Waals surface area contributed by atoms with Crippen LogP contribution >= 0.6 is 11.6 Å². The first-order chi connectivity index (χ1) is 12.2. The summed E-state index contributed by atoms with van der Waals surface area (Å²) in [5.41, 5.74) is 0.740. The number of rotatable bonds is 2. The van der Waals surface area contributed by atoms with E-state index in [0.717, 1.165) is 0 Å². The van der Waals surface area contributed by atoms with E-state index in [0.29, 0.717) is 16.2 Å². The van der Waals surface area contributed by atoms with Crippen molar-refractivity contribution in [2.45, 2.75) is 12.2 Å². The summed E-state index contributed by atoms with van der Waals surface area (Å²) in [5, 5.41) is -0.288. The molecule has 136 valence electrons. The molecule has 6 nitrogen and oxygen atoms in total. The lowest BCUT2D eigenvalue weighted by atomic mass is 10.2. The van der Waals surface area contributed by atoms with Crippen LogP contribution in [0.2, 0.25) is 5.28 Å². The Kier molecular flexibility index (Phi) is 3.77. The highest BCUT2D eigenvalue weighted by atomic mass is 35.5.